The van der Waals surface area contributed by atoms with E-state index >= 15 is 0 Å². The second-order valence-electron chi connectivity index (χ2n) is 5.66. The molecule has 0 radical (unpaired) electrons. The summed E-state index contributed by atoms with van der Waals surface area (Å²) in [5, 5.41) is 4.52. The Balaban J connectivity index is 1.75. The molecule has 0 aliphatic carbocycles. The van der Waals surface area contributed by atoms with Crippen molar-refractivity contribution in [3.8, 4) is 0 Å². The summed E-state index contributed by atoms with van der Waals surface area (Å²) >= 11 is 1.47. The third-order valence-corrected chi connectivity index (χ3v) is 5.03. The molecule has 0 spiro atoms. The fourth-order valence-electron chi connectivity index (χ4n) is 2.95. The van der Waals surface area contributed by atoms with Crippen molar-refractivity contribution in [3.63, 3.8) is 0 Å². The van der Waals surface area contributed by atoms with Gasteiger partial charge in [-0.3, -0.25) is 15.1 Å². The van der Waals surface area contributed by atoms with Gasteiger partial charge in [-0.15, -0.1) is 0 Å². The molecule has 2 aromatic heterocycles. The zero-order valence-electron chi connectivity index (χ0n) is 13.3. The molecule has 0 bridgehead atoms. The lowest BCUT2D eigenvalue weighted by Crippen LogP contribution is -2.16. The first-order chi connectivity index (χ1) is 11.6. The average molecular weight is 333 g/mol. The lowest BCUT2D eigenvalue weighted by molar-refractivity contribution is 0.102. The standard InChI is InChI=1S/C19H15N3OS/c1-11-13-7-3-4-8-14(13)20-12(2)17(11)18(23)22-19-21-15-9-5-6-10-16(15)24-19/h3-10H,1-2H3,(H,21,22,23). The van der Waals surface area contributed by atoms with Crippen LogP contribution in [0, 0.1) is 13.8 Å². The number of hydrogen-bond acceptors (Lipinski definition) is 4. The Hall–Kier alpha value is -2.79. The SMILES string of the molecule is Cc1nc2ccccc2c(C)c1C(=O)Nc1nc2ccccc2s1. The number of hydrogen-bond donors (Lipinski definition) is 1. The number of amides is 1. The number of anilines is 1. The normalized spacial score (nSPS) is 11.1. The zero-order chi connectivity index (χ0) is 16.7. The maximum absolute atomic E-state index is 12.8. The van der Waals surface area contributed by atoms with Crippen molar-refractivity contribution in [1.82, 2.24) is 9.97 Å². The molecule has 5 heteroatoms. The third-order valence-electron chi connectivity index (χ3n) is 4.07. The Bertz CT molecular complexity index is 1050. The summed E-state index contributed by atoms with van der Waals surface area (Å²) in [4.78, 5) is 21.8. The van der Waals surface area contributed by atoms with Crippen molar-refractivity contribution >= 4 is 43.5 Å². The van der Waals surface area contributed by atoms with Gasteiger partial charge in [0, 0.05) is 5.39 Å². The zero-order valence-corrected chi connectivity index (χ0v) is 14.1. The number of rotatable bonds is 2. The highest BCUT2D eigenvalue weighted by atomic mass is 32.1. The van der Waals surface area contributed by atoms with Gasteiger partial charge >= 0.3 is 0 Å². The van der Waals surface area contributed by atoms with Gasteiger partial charge in [0.2, 0.25) is 0 Å². The predicted octanol–water partition coefficient (Wildman–Crippen LogP) is 4.71. The minimum Gasteiger partial charge on any atom is -0.298 e. The number of aromatic nitrogens is 2. The highest BCUT2D eigenvalue weighted by Gasteiger charge is 2.17. The molecule has 2 aromatic carbocycles. The van der Waals surface area contributed by atoms with E-state index in [1.807, 2.05) is 62.4 Å². The van der Waals surface area contributed by atoms with Crippen LogP contribution in [-0.4, -0.2) is 15.9 Å². The fourth-order valence-corrected chi connectivity index (χ4v) is 3.81. The smallest absolute Gasteiger partial charge is 0.259 e. The van der Waals surface area contributed by atoms with Crippen LogP contribution in [0.5, 0.6) is 0 Å². The quantitative estimate of drug-likeness (QED) is 0.578. The number of fused-ring (bicyclic) bond motifs is 2. The number of carbonyl (C=O) groups is 1. The minimum absolute atomic E-state index is 0.165. The maximum atomic E-state index is 12.8. The van der Waals surface area contributed by atoms with Crippen molar-refractivity contribution in [3.05, 3.63) is 65.4 Å². The second-order valence-corrected chi connectivity index (χ2v) is 6.69. The van der Waals surface area contributed by atoms with E-state index in [-0.39, 0.29) is 5.91 Å². The molecule has 0 saturated heterocycles. The summed E-state index contributed by atoms with van der Waals surface area (Å²) < 4.78 is 1.05. The van der Waals surface area contributed by atoms with E-state index in [4.69, 9.17) is 0 Å². The molecule has 1 amide bonds. The molecule has 0 aliphatic heterocycles. The van der Waals surface area contributed by atoms with Gasteiger partial charge in [0.25, 0.3) is 5.91 Å². The number of benzene rings is 2. The number of aryl methyl sites for hydroxylation is 2. The van der Waals surface area contributed by atoms with Gasteiger partial charge in [0.15, 0.2) is 5.13 Å². The van der Waals surface area contributed by atoms with Gasteiger partial charge < -0.3 is 0 Å². The van der Waals surface area contributed by atoms with Gasteiger partial charge in [-0.2, -0.15) is 0 Å². The molecule has 4 aromatic rings. The molecule has 4 nitrogen and oxygen atoms in total. The molecule has 0 atom stereocenters. The van der Waals surface area contributed by atoms with Crippen LogP contribution in [0.25, 0.3) is 21.1 Å². The number of carbonyl (C=O) groups excluding carboxylic acids is 1. The Morgan fingerprint density at radius 2 is 1.67 bits per heavy atom. The molecular formula is C19H15N3OS. The molecule has 1 N–H and O–H groups in total. The fraction of sp³-hybridized carbons (Fsp3) is 0.105. The topological polar surface area (TPSA) is 54.9 Å². The molecule has 0 fully saturated rings. The van der Waals surface area contributed by atoms with Crippen LogP contribution in [0.4, 0.5) is 5.13 Å². The molecule has 118 valence electrons. The molecular weight excluding hydrogens is 318 g/mol. The summed E-state index contributed by atoms with van der Waals surface area (Å²) in [7, 11) is 0. The lowest BCUT2D eigenvalue weighted by Gasteiger charge is -2.11. The summed E-state index contributed by atoms with van der Waals surface area (Å²) in [5.74, 6) is -0.165. The van der Waals surface area contributed by atoms with E-state index in [0.717, 1.165) is 32.4 Å². The van der Waals surface area contributed by atoms with Crippen LogP contribution >= 0.6 is 11.3 Å². The Morgan fingerprint density at radius 3 is 2.46 bits per heavy atom. The highest BCUT2D eigenvalue weighted by Crippen LogP contribution is 2.27. The highest BCUT2D eigenvalue weighted by molar-refractivity contribution is 7.22. The predicted molar refractivity (Wildman–Crippen MR) is 98.8 cm³/mol. The second kappa shape index (κ2) is 5.69. The minimum atomic E-state index is -0.165. The number of pyridine rings is 1. The summed E-state index contributed by atoms with van der Waals surface area (Å²) in [5.41, 5.74) is 4.08. The van der Waals surface area contributed by atoms with Crippen molar-refractivity contribution < 1.29 is 4.79 Å². The molecule has 0 saturated carbocycles. The van der Waals surface area contributed by atoms with Crippen LogP contribution in [0.3, 0.4) is 0 Å². The van der Waals surface area contributed by atoms with E-state index < -0.39 is 0 Å². The molecule has 0 unspecified atom stereocenters. The third kappa shape index (κ3) is 2.43. The van der Waals surface area contributed by atoms with Crippen molar-refractivity contribution in [2.75, 3.05) is 5.32 Å². The van der Waals surface area contributed by atoms with E-state index in [2.05, 4.69) is 15.3 Å². The largest absolute Gasteiger partial charge is 0.298 e. The van der Waals surface area contributed by atoms with E-state index in [1.54, 1.807) is 0 Å². The Labute approximate surface area is 143 Å². The molecule has 0 aliphatic rings. The van der Waals surface area contributed by atoms with Gasteiger partial charge in [-0.25, -0.2) is 4.98 Å². The van der Waals surface area contributed by atoms with Crippen LogP contribution in [0.15, 0.2) is 48.5 Å². The van der Waals surface area contributed by atoms with E-state index in [1.165, 1.54) is 11.3 Å². The van der Waals surface area contributed by atoms with Crippen LogP contribution < -0.4 is 5.32 Å². The number of para-hydroxylation sites is 2. The first-order valence-corrected chi connectivity index (χ1v) is 8.48. The van der Waals surface area contributed by atoms with Crippen LogP contribution in [0.1, 0.15) is 21.6 Å². The number of nitrogens with one attached hydrogen (secondary N) is 1. The molecule has 24 heavy (non-hydrogen) atoms. The number of thiazole rings is 1. The molecule has 4 rings (SSSR count). The van der Waals surface area contributed by atoms with E-state index in [9.17, 15) is 4.79 Å². The lowest BCUT2D eigenvalue weighted by atomic mass is 10.0. The van der Waals surface area contributed by atoms with E-state index in [0.29, 0.717) is 10.7 Å². The van der Waals surface area contributed by atoms with Gasteiger partial charge in [-0.1, -0.05) is 41.7 Å². The Kier molecular flexibility index (Phi) is 3.50. The summed E-state index contributed by atoms with van der Waals surface area (Å²) in [6.07, 6.45) is 0. The average Bonchev–Trinajstić information content (AvgIpc) is 2.97. The number of nitrogens with zero attached hydrogens (tertiary/aromatic N) is 2. The first kappa shape index (κ1) is 14.8. The van der Waals surface area contributed by atoms with Gasteiger partial charge in [0.05, 0.1) is 27.0 Å². The Morgan fingerprint density at radius 1 is 0.958 bits per heavy atom. The van der Waals surface area contributed by atoms with Crippen molar-refractivity contribution in [1.29, 1.82) is 0 Å². The van der Waals surface area contributed by atoms with Gasteiger partial charge in [-0.05, 0) is 37.6 Å². The van der Waals surface area contributed by atoms with Crippen molar-refractivity contribution in [2.24, 2.45) is 0 Å². The van der Waals surface area contributed by atoms with Crippen LogP contribution in [0.2, 0.25) is 0 Å². The summed E-state index contributed by atoms with van der Waals surface area (Å²) in [6.45, 7) is 3.83. The first-order valence-electron chi connectivity index (χ1n) is 7.66. The maximum Gasteiger partial charge on any atom is 0.259 e. The summed E-state index contributed by atoms with van der Waals surface area (Å²) in [6, 6.07) is 15.7. The van der Waals surface area contributed by atoms with Crippen molar-refractivity contribution in [2.45, 2.75) is 13.8 Å². The van der Waals surface area contributed by atoms with Crippen LogP contribution in [-0.2, 0) is 0 Å². The van der Waals surface area contributed by atoms with Gasteiger partial charge in [0.1, 0.15) is 0 Å². The monoisotopic (exact) mass is 333 g/mol. The molecule has 2 heterocycles.